The van der Waals surface area contributed by atoms with Crippen molar-refractivity contribution >= 4 is 51.9 Å². The molecule has 2 aliphatic rings. The predicted octanol–water partition coefficient (Wildman–Crippen LogP) is 5.32. The van der Waals surface area contributed by atoms with Crippen LogP contribution in [0.4, 0.5) is 20.4 Å². The molecule has 0 aliphatic carbocycles. The largest absolute Gasteiger partial charge is 0.453 e. The fourth-order valence-electron chi connectivity index (χ4n) is 7.16. The second-order valence-corrected chi connectivity index (χ2v) is 15.4. The molecule has 5 heterocycles. The molecule has 6 rings (SSSR count). The Labute approximate surface area is 328 Å². The van der Waals surface area contributed by atoms with Crippen LogP contribution in [0.3, 0.4) is 0 Å². The molecule has 5 N–H and O–H groups in total. The van der Waals surface area contributed by atoms with Crippen molar-refractivity contribution in [2.45, 2.75) is 77.5 Å². The number of benzene rings is 1. The van der Waals surface area contributed by atoms with Gasteiger partial charge in [0.05, 0.1) is 49.9 Å². The minimum absolute atomic E-state index is 0.139. The van der Waals surface area contributed by atoms with Gasteiger partial charge in [-0.05, 0) is 43.1 Å². The number of carbonyl (C=O) groups is 5. The van der Waals surface area contributed by atoms with Gasteiger partial charge in [-0.3, -0.25) is 14.4 Å². The number of carbonyl (C=O) groups excluding carboxylic acids is 5. The van der Waals surface area contributed by atoms with E-state index in [0.29, 0.717) is 47.5 Å². The average molecular weight is 789 g/mol. The van der Waals surface area contributed by atoms with Gasteiger partial charge in [-0.1, -0.05) is 52.0 Å². The normalized spacial score (nSPS) is 17.9. The first kappa shape index (κ1) is 39.9. The van der Waals surface area contributed by atoms with Crippen LogP contribution in [0.25, 0.3) is 11.3 Å². The molecule has 298 valence electrons. The summed E-state index contributed by atoms with van der Waals surface area (Å²) < 4.78 is 9.47. The fraction of sp³-hybridized carbons (Fsp3) is 0.474. The number of nitrogens with zero attached hydrogens (tertiary/aromatic N) is 5. The van der Waals surface area contributed by atoms with E-state index in [1.54, 1.807) is 39.8 Å². The predicted molar refractivity (Wildman–Crippen MR) is 207 cm³/mol. The third-order valence-corrected chi connectivity index (χ3v) is 10.9. The third kappa shape index (κ3) is 8.54. The van der Waals surface area contributed by atoms with Crippen molar-refractivity contribution in [1.82, 2.24) is 45.4 Å². The standard InChI is InChI=1S/C38H48N10O7S/c1-20(2)28(45-37(52)54-5)35(50)47-15-7-9-25(47)32-39-17-24(42-32)22-11-13-23(14-12-22)31(49)30-34(56-19-41-30)44-27-18-40-33(43-27)26-10-8-16-48(26)36(51)29(21(3)4)46-38(53)55-6/h11-14,17-21,25-26,28-29,44H,7-10,15-16H2,1-6H3,(H,39,42)(H,40,43)(H,45,52)(H,46,53)/t25-,26-,28-,29-/m0/s1. The molecule has 1 aromatic carbocycles. The van der Waals surface area contributed by atoms with Crippen LogP contribution in [-0.2, 0) is 19.1 Å². The van der Waals surface area contributed by atoms with Gasteiger partial charge in [0.2, 0.25) is 17.6 Å². The quantitative estimate of drug-likeness (QED) is 0.109. The van der Waals surface area contributed by atoms with Crippen molar-refractivity contribution < 1.29 is 33.4 Å². The number of methoxy groups -OCH3 is 2. The van der Waals surface area contributed by atoms with E-state index in [4.69, 9.17) is 9.47 Å². The number of ketones is 1. The minimum Gasteiger partial charge on any atom is -0.453 e. The number of hydrogen-bond donors (Lipinski definition) is 5. The highest BCUT2D eigenvalue weighted by molar-refractivity contribution is 7.14. The van der Waals surface area contributed by atoms with Crippen molar-refractivity contribution in [3.8, 4) is 11.3 Å². The zero-order valence-corrected chi connectivity index (χ0v) is 33.1. The minimum atomic E-state index is -0.741. The monoisotopic (exact) mass is 788 g/mol. The van der Waals surface area contributed by atoms with Crippen molar-refractivity contribution in [2.24, 2.45) is 11.8 Å². The summed E-state index contributed by atoms with van der Waals surface area (Å²) in [5.74, 6) is 0.839. The first-order chi connectivity index (χ1) is 26.9. The molecule has 2 aliphatic heterocycles. The first-order valence-electron chi connectivity index (χ1n) is 18.7. The van der Waals surface area contributed by atoms with E-state index in [0.717, 1.165) is 30.5 Å². The Morgan fingerprint density at radius 3 is 1.84 bits per heavy atom. The summed E-state index contributed by atoms with van der Waals surface area (Å²) in [5.41, 5.74) is 3.83. The average Bonchev–Trinajstić information content (AvgIpc) is 4.04. The van der Waals surface area contributed by atoms with Crippen LogP contribution in [-0.4, -0.2) is 104 Å². The third-order valence-electron chi connectivity index (χ3n) is 10.2. The molecule has 56 heavy (non-hydrogen) atoms. The first-order valence-corrected chi connectivity index (χ1v) is 19.5. The molecule has 0 unspecified atom stereocenters. The van der Waals surface area contributed by atoms with Crippen molar-refractivity contribution in [2.75, 3.05) is 32.6 Å². The van der Waals surface area contributed by atoms with Gasteiger partial charge in [0.15, 0.2) is 0 Å². The van der Waals surface area contributed by atoms with Gasteiger partial charge in [-0.15, -0.1) is 11.3 Å². The van der Waals surface area contributed by atoms with Crippen molar-refractivity contribution in [1.29, 1.82) is 0 Å². The highest BCUT2D eigenvalue weighted by atomic mass is 32.1. The lowest BCUT2D eigenvalue weighted by molar-refractivity contribution is -0.136. The number of thiazole rings is 1. The van der Waals surface area contributed by atoms with Crippen LogP contribution in [0.5, 0.6) is 0 Å². The Kier molecular flexibility index (Phi) is 12.4. The molecule has 18 heteroatoms. The van der Waals surface area contributed by atoms with E-state index in [2.05, 4.69) is 40.9 Å². The molecule has 0 saturated carbocycles. The van der Waals surface area contributed by atoms with Gasteiger partial charge < -0.3 is 45.2 Å². The summed E-state index contributed by atoms with van der Waals surface area (Å²) in [6, 6.07) is 5.08. The topological polar surface area (TPSA) is 217 Å². The van der Waals surface area contributed by atoms with Gasteiger partial charge in [0, 0.05) is 18.7 Å². The molecular formula is C38H48N10O7S. The van der Waals surface area contributed by atoms with Crippen molar-refractivity contribution in [3.63, 3.8) is 0 Å². The van der Waals surface area contributed by atoms with Crippen LogP contribution in [0.1, 0.15) is 93.2 Å². The summed E-state index contributed by atoms with van der Waals surface area (Å²) in [6.45, 7) is 8.56. The number of aromatic nitrogens is 5. The van der Waals surface area contributed by atoms with E-state index in [-0.39, 0.29) is 47.2 Å². The van der Waals surface area contributed by atoms with Crippen LogP contribution in [0.2, 0.25) is 0 Å². The highest BCUT2D eigenvalue weighted by Gasteiger charge is 2.39. The Balaban J connectivity index is 1.11. The van der Waals surface area contributed by atoms with Gasteiger partial charge in [0.25, 0.3) is 0 Å². The molecule has 2 fully saturated rings. The summed E-state index contributed by atoms with van der Waals surface area (Å²) >= 11 is 1.28. The van der Waals surface area contributed by atoms with Crippen LogP contribution < -0.4 is 16.0 Å². The number of H-pyrrole nitrogens is 2. The zero-order valence-electron chi connectivity index (χ0n) is 32.3. The number of rotatable bonds is 13. The molecule has 0 spiro atoms. The van der Waals surface area contributed by atoms with Crippen LogP contribution >= 0.6 is 11.3 Å². The number of imidazole rings is 2. The number of ether oxygens (including phenoxy) is 2. The SMILES string of the molecule is COC(=O)N[C@H](C(=O)N1CCC[C@H]1c1ncc(Nc2scnc2C(=O)c2ccc(-c3cnc([C@@H]4CCCN4C(=O)[C@@H](NC(=O)OC)C(C)C)[nH]3)cc2)[nH]1)C(C)C. The Bertz CT molecular complexity index is 2040. The maximum Gasteiger partial charge on any atom is 0.407 e. The summed E-state index contributed by atoms with van der Waals surface area (Å²) in [6.07, 6.45) is 5.04. The number of amides is 4. The Morgan fingerprint density at radius 1 is 0.768 bits per heavy atom. The summed E-state index contributed by atoms with van der Waals surface area (Å²) in [5, 5.41) is 9.10. The lowest BCUT2D eigenvalue weighted by Crippen LogP contribution is -2.51. The molecule has 0 bridgehead atoms. The van der Waals surface area contributed by atoms with E-state index in [9.17, 15) is 24.0 Å². The zero-order chi connectivity index (χ0) is 40.1. The van der Waals surface area contributed by atoms with E-state index < -0.39 is 24.3 Å². The fourth-order valence-corrected chi connectivity index (χ4v) is 7.85. The molecule has 4 aromatic rings. The molecule has 17 nitrogen and oxygen atoms in total. The smallest absolute Gasteiger partial charge is 0.407 e. The Morgan fingerprint density at radius 2 is 1.30 bits per heavy atom. The Hall–Kier alpha value is -5.78. The van der Waals surface area contributed by atoms with E-state index in [1.165, 1.54) is 25.6 Å². The molecule has 3 aromatic heterocycles. The van der Waals surface area contributed by atoms with Crippen LogP contribution in [0.15, 0.2) is 42.2 Å². The second kappa shape index (κ2) is 17.3. The van der Waals surface area contributed by atoms with Gasteiger partial charge >= 0.3 is 12.2 Å². The summed E-state index contributed by atoms with van der Waals surface area (Å²) in [4.78, 5) is 88.3. The maximum atomic E-state index is 13.7. The number of anilines is 2. The number of likely N-dealkylation sites (tertiary alicyclic amines) is 2. The number of aromatic amines is 2. The highest BCUT2D eigenvalue weighted by Crippen LogP contribution is 2.35. The lowest BCUT2D eigenvalue weighted by atomic mass is 10.0. The van der Waals surface area contributed by atoms with Gasteiger partial charge in [-0.25, -0.2) is 24.5 Å². The molecule has 0 radical (unpaired) electrons. The maximum absolute atomic E-state index is 13.7. The van der Waals surface area contributed by atoms with Gasteiger partial charge in [-0.2, -0.15) is 0 Å². The van der Waals surface area contributed by atoms with Gasteiger partial charge in [0.1, 0.15) is 40.2 Å². The number of nitrogens with one attached hydrogen (secondary N) is 5. The van der Waals surface area contributed by atoms with E-state index in [1.807, 2.05) is 39.8 Å². The second-order valence-electron chi connectivity index (χ2n) is 14.5. The molecule has 4 amide bonds. The van der Waals surface area contributed by atoms with Crippen LogP contribution in [0, 0.1) is 11.8 Å². The number of hydrogen-bond acceptors (Lipinski definition) is 12. The molecular weight excluding hydrogens is 741 g/mol. The van der Waals surface area contributed by atoms with E-state index >= 15 is 0 Å². The van der Waals surface area contributed by atoms with Crippen molar-refractivity contribution in [3.05, 3.63) is 65.1 Å². The summed E-state index contributed by atoms with van der Waals surface area (Å²) in [7, 11) is 2.53. The molecule has 2 saturated heterocycles. The lowest BCUT2D eigenvalue weighted by Gasteiger charge is -2.30. The molecule has 4 atom stereocenters. The number of alkyl carbamates (subject to hydrolysis) is 2.